The maximum atomic E-state index is 13.0. The van der Waals surface area contributed by atoms with Gasteiger partial charge in [-0.05, 0) is 19.4 Å². The zero-order valence-corrected chi connectivity index (χ0v) is 9.29. The van der Waals surface area contributed by atoms with Gasteiger partial charge in [0.1, 0.15) is 11.6 Å². The van der Waals surface area contributed by atoms with Crippen molar-refractivity contribution in [2.75, 3.05) is 13.1 Å². The zero-order valence-electron chi connectivity index (χ0n) is 9.29. The summed E-state index contributed by atoms with van der Waals surface area (Å²) in [5, 5.41) is 0. The number of rotatable bonds is 1. The van der Waals surface area contributed by atoms with Gasteiger partial charge in [0.2, 0.25) is 0 Å². The van der Waals surface area contributed by atoms with Gasteiger partial charge in [-0.3, -0.25) is 4.79 Å². The van der Waals surface area contributed by atoms with Crippen LogP contribution in [-0.2, 0) is 0 Å². The van der Waals surface area contributed by atoms with Crippen molar-refractivity contribution in [3.05, 3.63) is 29.2 Å². The molecule has 1 aliphatic rings. The number of amides is 1. The van der Waals surface area contributed by atoms with E-state index in [1.165, 1.54) is 11.0 Å². The number of hydrogen-bond donors (Lipinski definition) is 0. The van der Waals surface area contributed by atoms with Gasteiger partial charge >= 0.3 is 0 Å². The average Bonchev–Trinajstić information content (AvgIpc) is 2.57. The van der Waals surface area contributed by atoms with E-state index in [1.54, 1.807) is 13.8 Å². The van der Waals surface area contributed by atoms with Gasteiger partial charge in [0, 0.05) is 13.5 Å². The van der Waals surface area contributed by atoms with Gasteiger partial charge in [-0.2, -0.15) is 0 Å². The molecule has 1 aliphatic heterocycles. The van der Waals surface area contributed by atoms with Crippen LogP contribution in [0.2, 0.25) is 0 Å². The van der Waals surface area contributed by atoms with Crippen LogP contribution in [0.1, 0.15) is 28.6 Å². The van der Waals surface area contributed by atoms with Gasteiger partial charge in [-0.25, -0.2) is 9.37 Å². The summed E-state index contributed by atoms with van der Waals surface area (Å²) >= 11 is 0. The van der Waals surface area contributed by atoms with Crippen molar-refractivity contribution in [3.63, 3.8) is 0 Å². The van der Waals surface area contributed by atoms with Crippen LogP contribution < -0.4 is 0 Å². The summed E-state index contributed by atoms with van der Waals surface area (Å²) in [7, 11) is 0. The maximum Gasteiger partial charge on any atom is 0.276 e. The molecule has 0 aliphatic carbocycles. The Bertz CT molecular complexity index is 451. The van der Waals surface area contributed by atoms with Crippen molar-refractivity contribution >= 4 is 5.91 Å². The molecule has 0 unspecified atom stereocenters. The highest BCUT2D eigenvalue weighted by atomic mass is 19.1. The van der Waals surface area contributed by atoms with E-state index in [0.717, 1.165) is 0 Å². The third kappa shape index (κ3) is 1.98. The first-order valence-corrected chi connectivity index (χ1v) is 5.16. The van der Waals surface area contributed by atoms with Gasteiger partial charge in [-0.1, -0.05) is 0 Å². The second-order valence-corrected chi connectivity index (χ2v) is 3.80. The molecule has 4 nitrogen and oxygen atoms in total. The molecule has 5 heteroatoms. The maximum absolute atomic E-state index is 13.0. The lowest BCUT2D eigenvalue weighted by molar-refractivity contribution is 0.0748. The molecule has 0 spiro atoms. The van der Waals surface area contributed by atoms with Gasteiger partial charge in [0.15, 0.2) is 11.6 Å². The Morgan fingerprint density at radius 3 is 2.88 bits per heavy atom. The lowest BCUT2D eigenvalue weighted by atomic mass is 10.2. The van der Waals surface area contributed by atoms with E-state index < -0.39 is 0 Å². The minimum atomic E-state index is -0.266. The monoisotopic (exact) mass is 224 g/mol. The molecule has 0 fully saturated rings. The van der Waals surface area contributed by atoms with Crippen LogP contribution in [0.5, 0.6) is 0 Å². The van der Waals surface area contributed by atoms with E-state index in [4.69, 9.17) is 4.42 Å². The number of halogens is 1. The van der Waals surface area contributed by atoms with Gasteiger partial charge in [-0.15, -0.1) is 0 Å². The third-order valence-corrected chi connectivity index (χ3v) is 2.50. The topological polar surface area (TPSA) is 46.3 Å². The number of carbonyl (C=O) groups excluding carboxylic acids is 1. The normalized spacial score (nSPS) is 16.2. The van der Waals surface area contributed by atoms with E-state index in [1.807, 2.05) is 0 Å². The lowest BCUT2D eigenvalue weighted by Crippen LogP contribution is -2.35. The summed E-state index contributed by atoms with van der Waals surface area (Å²) in [6.07, 6.45) is 2.05. The Hall–Kier alpha value is -1.65. The number of aromatic nitrogens is 1. The molecular weight excluding hydrogens is 211 g/mol. The van der Waals surface area contributed by atoms with Crippen LogP contribution in [0.3, 0.4) is 0 Å². The largest absolute Gasteiger partial charge is 0.445 e. The van der Waals surface area contributed by atoms with E-state index in [-0.39, 0.29) is 24.0 Å². The molecule has 2 rings (SSSR count). The fourth-order valence-electron chi connectivity index (χ4n) is 1.75. The predicted molar refractivity (Wildman–Crippen MR) is 55.7 cm³/mol. The van der Waals surface area contributed by atoms with E-state index in [0.29, 0.717) is 24.6 Å². The van der Waals surface area contributed by atoms with Crippen LogP contribution in [-0.4, -0.2) is 28.9 Å². The second kappa shape index (κ2) is 4.08. The van der Waals surface area contributed by atoms with Gasteiger partial charge in [0.05, 0.1) is 6.54 Å². The molecule has 86 valence electrons. The third-order valence-electron chi connectivity index (χ3n) is 2.50. The first-order chi connectivity index (χ1) is 7.58. The van der Waals surface area contributed by atoms with Crippen LogP contribution in [0, 0.1) is 13.8 Å². The van der Waals surface area contributed by atoms with E-state index >= 15 is 0 Å². The molecule has 1 aromatic heterocycles. The smallest absolute Gasteiger partial charge is 0.276 e. The predicted octanol–water partition coefficient (Wildman–Crippen LogP) is 1.99. The number of hydrogen-bond acceptors (Lipinski definition) is 3. The highest BCUT2D eigenvalue weighted by molar-refractivity contribution is 5.93. The van der Waals surface area contributed by atoms with Gasteiger partial charge in [0.25, 0.3) is 5.91 Å². The van der Waals surface area contributed by atoms with E-state index in [2.05, 4.69) is 4.98 Å². The standard InChI is InChI=1S/C11H13FN2O2/c1-7-10(13-8(2)16-7)11(15)14-5-3-4-9(12)6-14/h4H,3,5-6H2,1-2H3. The Morgan fingerprint density at radius 1 is 1.56 bits per heavy atom. The Balaban J connectivity index is 2.19. The van der Waals surface area contributed by atoms with Crippen LogP contribution in [0.4, 0.5) is 4.39 Å². The SMILES string of the molecule is Cc1nc(C(=O)N2CCC=C(F)C2)c(C)o1. The highest BCUT2D eigenvalue weighted by Gasteiger charge is 2.24. The average molecular weight is 224 g/mol. The zero-order chi connectivity index (χ0) is 11.7. The first kappa shape index (κ1) is 10.9. The molecule has 1 amide bonds. The van der Waals surface area contributed by atoms with Crippen molar-refractivity contribution < 1.29 is 13.6 Å². The Morgan fingerprint density at radius 2 is 2.31 bits per heavy atom. The fraction of sp³-hybridized carbons (Fsp3) is 0.455. The molecule has 0 N–H and O–H groups in total. The molecule has 0 bridgehead atoms. The first-order valence-electron chi connectivity index (χ1n) is 5.16. The summed E-state index contributed by atoms with van der Waals surface area (Å²) in [5.41, 5.74) is 0.284. The van der Waals surface area contributed by atoms with Crippen LogP contribution in [0.25, 0.3) is 0 Å². The molecule has 1 aromatic rings. The lowest BCUT2D eigenvalue weighted by Gasteiger charge is -2.23. The summed E-state index contributed by atoms with van der Waals surface area (Å²) in [6.45, 7) is 3.92. The minimum absolute atomic E-state index is 0.0319. The van der Waals surface area contributed by atoms with Crippen LogP contribution >= 0.6 is 0 Å². The molecule has 0 atom stereocenters. The molecular formula is C11H13FN2O2. The molecule has 2 heterocycles. The van der Waals surface area contributed by atoms with Crippen LogP contribution in [0.15, 0.2) is 16.3 Å². The highest BCUT2D eigenvalue weighted by Crippen LogP contribution is 2.16. The Labute approximate surface area is 92.8 Å². The Kier molecular flexibility index (Phi) is 2.77. The molecule has 0 saturated heterocycles. The summed E-state index contributed by atoms with van der Waals surface area (Å²) < 4.78 is 18.2. The number of oxazole rings is 1. The number of aryl methyl sites for hydroxylation is 2. The number of nitrogens with zero attached hydrogens (tertiary/aromatic N) is 2. The fourth-order valence-corrected chi connectivity index (χ4v) is 1.75. The molecule has 0 aromatic carbocycles. The van der Waals surface area contributed by atoms with Crippen molar-refractivity contribution in [1.29, 1.82) is 0 Å². The number of carbonyl (C=O) groups is 1. The second-order valence-electron chi connectivity index (χ2n) is 3.80. The van der Waals surface area contributed by atoms with Crippen molar-refractivity contribution in [3.8, 4) is 0 Å². The molecule has 0 saturated carbocycles. The summed E-state index contributed by atoms with van der Waals surface area (Å²) in [5.74, 6) is 0.404. The molecule has 0 radical (unpaired) electrons. The summed E-state index contributed by atoms with van der Waals surface area (Å²) in [6, 6.07) is 0. The van der Waals surface area contributed by atoms with Crippen molar-refractivity contribution in [1.82, 2.24) is 9.88 Å². The summed E-state index contributed by atoms with van der Waals surface area (Å²) in [4.78, 5) is 17.4. The van der Waals surface area contributed by atoms with E-state index in [9.17, 15) is 9.18 Å². The van der Waals surface area contributed by atoms with Gasteiger partial charge < -0.3 is 9.32 Å². The quantitative estimate of drug-likeness (QED) is 0.732. The van der Waals surface area contributed by atoms with Crippen molar-refractivity contribution in [2.45, 2.75) is 20.3 Å². The van der Waals surface area contributed by atoms with Crippen molar-refractivity contribution in [2.24, 2.45) is 0 Å². The minimum Gasteiger partial charge on any atom is -0.445 e. The molecule has 16 heavy (non-hydrogen) atoms.